The van der Waals surface area contributed by atoms with Crippen LogP contribution in [0.4, 0.5) is 11.4 Å². The Labute approximate surface area is 197 Å². The van der Waals surface area contributed by atoms with E-state index in [1.807, 2.05) is 47.9 Å². The number of nitrogens with two attached hydrogens (primary N) is 2. The van der Waals surface area contributed by atoms with Gasteiger partial charge in [0.05, 0.1) is 0 Å². The van der Waals surface area contributed by atoms with E-state index in [9.17, 15) is 4.79 Å². The Balaban J connectivity index is 1.68. The summed E-state index contributed by atoms with van der Waals surface area (Å²) in [5, 5.41) is 14.1. The zero-order valence-electron chi connectivity index (χ0n) is 18.8. The third kappa shape index (κ3) is 3.75. The van der Waals surface area contributed by atoms with Gasteiger partial charge in [-0.2, -0.15) is 0 Å². The Bertz CT molecular complexity index is 1560. The molecule has 0 spiro atoms. The lowest BCUT2D eigenvalue weighted by atomic mass is 10.0. The SMILES string of the molecule is Cc1c(C(=O)Nc2ccc(N)cc2)n(Cc2cccc3ccccc23)c2cc(C(=N)N)ccc12. The Kier molecular flexibility index (Phi) is 5.26. The van der Waals surface area contributed by atoms with Crippen molar-refractivity contribution < 1.29 is 4.79 Å². The number of amides is 1. The summed E-state index contributed by atoms with van der Waals surface area (Å²) in [4.78, 5) is 13.6. The van der Waals surface area contributed by atoms with Gasteiger partial charge >= 0.3 is 0 Å². The van der Waals surface area contributed by atoms with Crippen LogP contribution in [0.3, 0.4) is 0 Å². The summed E-state index contributed by atoms with van der Waals surface area (Å²) in [5.74, 6) is -0.214. The Morgan fingerprint density at radius 2 is 1.68 bits per heavy atom. The average Bonchev–Trinajstić information content (AvgIpc) is 3.11. The molecule has 0 radical (unpaired) electrons. The van der Waals surface area contributed by atoms with Gasteiger partial charge < -0.3 is 21.4 Å². The number of nitrogens with zero attached hydrogens (tertiary/aromatic N) is 1. The van der Waals surface area contributed by atoms with Crippen molar-refractivity contribution in [3.05, 3.63) is 107 Å². The molecule has 1 aromatic heterocycles. The number of aryl methyl sites for hydroxylation is 1. The fourth-order valence-corrected chi connectivity index (χ4v) is 4.50. The van der Waals surface area contributed by atoms with E-state index in [0.29, 0.717) is 29.2 Å². The van der Waals surface area contributed by atoms with E-state index in [2.05, 4.69) is 29.6 Å². The standard InChI is InChI=1S/C28H25N5O/c1-17-23-14-9-19(27(30)31)15-25(23)33(16-20-7-4-6-18-5-2-3-8-24(18)20)26(17)28(34)32-22-12-10-21(29)11-13-22/h2-15H,16,29H2,1H3,(H3,30,31)(H,32,34). The van der Waals surface area contributed by atoms with Crippen molar-refractivity contribution in [2.45, 2.75) is 13.5 Å². The van der Waals surface area contributed by atoms with E-state index < -0.39 is 0 Å². The highest BCUT2D eigenvalue weighted by atomic mass is 16.2. The lowest BCUT2D eigenvalue weighted by molar-refractivity contribution is 0.101. The molecule has 1 amide bonds. The zero-order chi connectivity index (χ0) is 23.8. The first kappa shape index (κ1) is 21.3. The van der Waals surface area contributed by atoms with Crippen molar-refractivity contribution in [1.82, 2.24) is 4.57 Å². The van der Waals surface area contributed by atoms with Crippen LogP contribution in [-0.4, -0.2) is 16.3 Å². The van der Waals surface area contributed by atoms with Crippen LogP contribution in [0.1, 0.15) is 27.2 Å². The quantitative estimate of drug-likeness (QED) is 0.167. The van der Waals surface area contributed by atoms with E-state index in [0.717, 1.165) is 32.8 Å². The number of nitrogens with one attached hydrogen (secondary N) is 2. The number of carbonyl (C=O) groups excluding carboxylic acids is 1. The van der Waals surface area contributed by atoms with Crippen molar-refractivity contribution in [2.75, 3.05) is 11.1 Å². The molecule has 0 fully saturated rings. The second kappa shape index (κ2) is 8.41. The molecule has 0 aliphatic rings. The number of nitrogen functional groups attached to an aromatic ring is 2. The number of carbonyl (C=O) groups is 1. The smallest absolute Gasteiger partial charge is 0.272 e. The molecule has 4 aromatic carbocycles. The largest absolute Gasteiger partial charge is 0.399 e. The number of fused-ring (bicyclic) bond motifs is 2. The molecule has 6 nitrogen and oxygen atoms in total. The van der Waals surface area contributed by atoms with Crippen molar-refractivity contribution in [3.63, 3.8) is 0 Å². The molecule has 0 bridgehead atoms. The second-order valence-corrected chi connectivity index (χ2v) is 8.42. The summed E-state index contributed by atoms with van der Waals surface area (Å²) in [6.45, 7) is 2.45. The van der Waals surface area contributed by atoms with Gasteiger partial charge in [0.25, 0.3) is 5.91 Å². The molecule has 6 N–H and O–H groups in total. The topological polar surface area (TPSA) is 110 Å². The summed E-state index contributed by atoms with van der Waals surface area (Å²) in [5.41, 5.74) is 16.9. The second-order valence-electron chi connectivity index (χ2n) is 8.42. The van der Waals surface area contributed by atoms with Gasteiger partial charge in [0.1, 0.15) is 11.5 Å². The Morgan fingerprint density at radius 1 is 0.941 bits per heavy atom. The van der Waals surface area contributed by atoms with Crippen LogP contribution in [0.25, 0.3) is 21.7 Å². The van der Waals surface area contributed by atoms with E-state index in [4.69, 9.17) is 16.9 Å². The van der Waals surface area contributed by atoms with Crippen LogP contribution in [0.5, 0.6) is 0 Å². The molecule has 0 unspecified atom stereocenters. The third-order valence-corrected chi connectivity index (χ3v) is 6.22. The number of anilines is 2. The van der Waals surface area contributed by atoms with Crippen LogP contribution < -0.4 is 16.8 Å². The third-order valence-electron chi connectivity index (χ3n) is 6.22. The number of hydrogen-bond donors (Lipinski definition) is 4. The maximum Gasteiger partial charge on any atom is 0.272 e. The molecule has 0 aliphatic heterocycles. The summed E-state index contributed by atoms with van der Waals surface area (Å²) >= 11 is 0. The lowest BCUT2D eigenvalue weighted by Crippen LogP contribution is -2.19. The van der Waals surface area contributed by atoms with E-state index >= 15 is 0 Å². The summed E-state index contributed by atoms with van der Waals surface area (Å²) in [6, 6.07) is 27.1. The van der Waals surface area contributed by atoms with Gasteiger partial charge in [-0.15, -0.1) is 0 Å². The molecule has 0 saturated carbocycles. The van der Waals surface area contributed by atoms with Crippen molar-refractivity contribution in [2.24, 2.45) is 5.73 Å². The molecule has 1 heterocycles. The van der Waals surface area contributed by atoms with Crippen molar-refractivity contribution in [1.29, 1.82) is 5.41 Å². The molecule has 168 valence electrons. The molecule has 0 atom stereocenters. The molecule has 6 heteroatoms. The highest BCUT2D eigenvalue weighted by Crippen LogP contribution is 2.30. The van der Waals surface area contributed by atoms with E-state index in [-0.39, 0.29) is 11.7 Å². The van der Waals surface area contributed by atoms with Crippen molar-refractivity contribution >= 4 is 44.8 Å². The van der Waals surface area contributed by atoms with Crippen LogP contribution >= 0.6 is 0 Å². The lowest BCUT2D eigenvalue weighted by Gasteiger charge is -2.14. The van der Waals surface area contributed by atoms with Crippen molar-refractivity contribution in [3.8, 4) is 0 Å². The highest BCUT2D eigenvalue weighted by molar-refractivity contribution is 6.09. The number of amidine groups is 1. The zero-order valence-corrected chi connectivity index (χ0v) is 18.8. The number of aromatic nitrogens is 1. The van der Waals surface area contributed by atoms with Crippen LogP contribution in [0.15, 0.2) is 84.9 Å². The maximum atomic E-state index is 13.6. The predicted octanol–water partition coefficient (Wildman–Crippen LogP) is 5.27. The van der Waals surface area contributed by atoms with Gasteiger partial charge in [0.2, 0.25) is 0 Å². The van der Waals surface area contributed by atoms with Gasteiger partial charge in [0.15, 0.2) is 0 Å². The number of hydrogen-bond acceptors (Lipinski definition) is 3. The molecule has 5 rings (SSSR count). The first-order valence-electron chi connectivity index (χ1n) is 11.0. The Hall–Kier alpha value is -4.58. The molecule has 5 aromatic rings. The van der Waals surface area contributed by atoms with Gasteiger partial charge in [-0.3, -0.25) is 10.2 Å². The first-order valence-corrected chi connectivity index (χ1v) is 11.0. The van der Waals surface area contributed by atoms with Gasteiger partial charge in [0, 0.05) is 34.4 Å². The maximum absolute atomic E-state index is 13.6. The molecular formula is C28H25N5O. The normalized spacial score (nSPS) is 11.1. The fourth-order valence-electron chi connectivity index (χ4n) is 4.50. The minimum absolute atomic E-state index is 0.00894. The molecule has 0 saturated heterocycles. The van der Waals surface area contributed by atoms with Crippen LogP contribution in [0, 0.1) is 12.3 Å². The molecular weight excluding hydrogens is 422 g/mol. The fraction of sp³-hybridized carbons (Fsp3) is 0.0714. The van der Waals surface area contributed by atoms with Gasteiger partial charge in [-0.25, -0.2) is 0 Å². The van der Waals surface area contributed by atoms with E-state index in [1.54, 1.807) is 24.3 Å². The minimum Gasteiger partial charge on any atom is -0.399 e. The van der Waals surface area contributed by atoms with Gasteiger partial charge in [-0.05, 0) is 59.2 Å². The predicted molar refractivity (Wildman–Crippen MR) is 140 cm³/mol. The average molecular weight is 448 g/mol. The number of rotatable bonds is 5. The van der Waals surface area contributed by atoms with Gasteiger partial charge in [-0.1, -0.05) is 54.6 Å². The van der Waals surface area contributed by atoms with E-state index in [1.165, 1.54) is 0 Å². The summed E-state index contributed by atoms with van der Waals surface area (Å²) < 4.78 is 2.02. The minimum atomic E-state index is -0.205. The highest BCUT2D eigenvalue weighted by Gasteiger charge is 2.22. The molecule has 0 aliphatic carbocycles. The monoisotopic (exact) mass is 447 g/mol. The summed E-state index contributed by atoms with van der Waals surface area (Å²) in [7, 11) is 0. The van der Waals surface area contributed by atoms with Crippen LogP contribution in [0.2, 0.25) is 0 Å². The Morgan fingerprint density at radius 3 is 2.44 bits per heavy atom. The molecule has 34 heavy (non-hydrogen) atoms. The van der Waals surface area contributed by atoms with Crippen LogP contribution in [-0.2, 0) is 6.54 Å². The number of benzene rings is 4. The summed E-state index contributed by atoms with van der Waals surface area (Å²) in [6.07, 6.45) is 0. The first-order chi connectivity index (χ1) is 16.4.